The van der Waals surface area contributed by atoms with Crippen molar-refractivity contribution >= 4 is 23.5 Å². The molecular weight excluding hydrogens is 330 g/mol. The molecule has 1 atom stereocenters. The van der Waals surface area contributed by atoms with Crippen LogP contribution in [-0.2, 0) is 20.9 Å². The van der Waals surface area contributed by atoms with E-state index in [0.29, 0.717) is 10.8 Å². The van der Waals surface area contributed by atoms with Gasteiger partial charge in [-0.25, -0.2) is 0 Å². The number of esters is 1. The molecule has 0 aromatic heterocycles. The number of ether oxygens (including phenoxy) is 2. The topological polar surface area (TPSA) is 64.6 Å². The van der Waals surface area contributed by atoms with Crippen LogP contribution in [0.25, 0.3) is 0 Å². The lowest BCUT2D eigenvalue weighted by molar-refractivity contribution is -0.145. The van der Waals surface area contributed by atoms with E-state index < -0.39 is 18.0 Å². The fourth-order valence-electron chi connectivity index (χ4n) is 1.89. The van der Waals surface area contributed by atoms with E-state index in [1.165, 1.54) is 0 Å². The zero-order chi connectivity index (χ0) is 17.4. The number of rotatable bonds is 7. The zero-order valence-electron chi connectivity index (χ0n) is 13.2. The summed E-state index contributed by atoms with van der Waals surface area (Å²) in [5.74, 6) is -0.439. The van der Waals surface area contributed by atoms with Crippen molar-refractivity contribution in [2.75, 3.05) is 6.54 Å². The molecule has 6 heteroatoms. The molecule has 2 aromatic carbocycles. The first-order chi connectivity index (χ1) is 11.5. The summed E-state index contributed by atoms with van der Waals surface area (Å²) in [5, 5.41) is 3.00. The fourth-order valence-corrected chi connectivity index (χ4v) is 2.07. The third-order valence-corrected chi connectivity index (χ3v) is 3.36. The van der Waals surface area contributed by atoms with Crippen LogP contribution in [0.2, 0.25) is 5.02 Å². The number of carbonyl (C=O) groups is 2. The molecule has 1 amide bonds. The SMILES string of the molecule is CC(Oc1cccc(Cl)c1)C(=O)NCC(=O)OCc1ccccc1. The Morgan fingerprint density at radius 2 is 1.88 bits per heavy atom. The molecule has 0 spiro atoms. The number of amides is 1. The number of hydrogen-bond acceptors (Lipinski definition) is 4. The van der Waals surface area contributed by atoms with Gasteiger partial charge in [-0.05, 0) is 30.7 Å². The van der Waals surface area contributed by atoms with Crippen LogP contribution in [0.15, 0.2) is 54.6 Å². The maximum atomic E-state index is 11.9. The molecule has 5 nitrogen and oxygen atoms in total. The van der Waals surface area contributed by atoms with E-state index in [-0.39, 0.29) is 13.2 Å². The van der Waals surface area contributed by atoms with Crippen LogP contribution in [-0.4, -0.2) is 24.5 Å². The van der Waals surface area contributed by atoms with Crippen molar-refractivity contribution in [3.63, 3.8) is 0 Å². The smallest absolute Gasteiger partial charge is 0.325 e. The summed E-state index contributed by atoms with van der Waals surface area (Å²) >= 11 is 5.85. The summed E-state index contributed by atoms with van der Waals surface area (Å²) < 4.78 is 10.6. The lowest BCUT2D eigenvalue weighted by Crippen LogP contribution is -2.39. The Kier molecular flexibility index (Phi) is 6.63. The lowest BCUT2D eigenvalue weighted by Gasteiger charge is -2.14. The maximum absolute atomic E-state index is 11.9. The molecule has 0 aliphatic heterocycles. The third kappa shape index (κ3) is 5.93. The normalized spacial score (nSPS) is 11.4. The summed E-state index contributed by atoms with van der Waals surface area (Å²) in [6.45, 7) is 1.55. The predicted molar refractivity (Wildman–Crippen MR) is 90.8 cm³/mol. The van der Waals surface area contributed by atoms with Crippen molar-refractivity contribution in [3.8, 4) is 5.75 Å². The highest BCUT2D eigenvalue weighted by molar-refractivity contribution is 6.30. The molecule has 0 heterocycles. The molecule has 0 bridgehead atoms. The van der Waals surface area contributed by atoms with Gasteiger partial charge < -0.3 is 14.8 Å². The van der Waals surface area contributed by atoms with Crippen molar-refractivity contribution < 1.29 is 19.1 Å². The Balaban J connectivity index is 1.72. The Bertz CT molecular complexity index is 690. The molecule has 1 N–H and O–H groups in total. The lowest BCUT2D eigenvalue weighted by atomic mass is 10.2. The first-order valence-corrected chi connectivity index (χ1v) is 7.82. The standard InChI is InChI=1S/C18H18ClNO4/c1-13(24-16-9-5-8-15(19)10-16)18(22)20-11-17(21)23-12-14-6-3-2-4-7-14/h2-10,13H,11-12H2,1H3,(H,20,22). The molecular formula is C18H18ClNO4. The summed E-state index contributed by atoms with van der Waals surface area (Å²) in [4.78, 5) is 23.6. The Hall–Kier alpha value is -2.53. The van der Waals surface area contributed by atoms with Gasteiger partial charge >= 0.3 is 5.97 Å². The minimum atomic E-state index is -0.759. The van der Waals surface area contributed by atoms with Crippen molar-refractivity contribution in [3.05, 3.63) is 65.2 Å². The molecule has 0 radical (unpaired) electrons. The van der Waals surface area contributed by atoms with Crippen molar-refractivity contribution in [1.29, 1.82) is 0 Å². The second-order valence-corrected chi connectivity index (χ2v) is 5.52. The van der Waals surface area contributed by atoms with Gasteiger partial charge in [0.05, 0.1) is 0 Å². The zero-order valence-corrected chi connectivity index (χ0v) is 14.0. The highest BCUT2D eigenvalue weighted by Crippen LogP contribution is 2.18. The molecule has 0 saturated carbocycles. The number of halogens is 1. The van der Waals surface area contributed by atoms with Crippen LogP contribution in [0.4, 0.5) is 0 Å². The summed E-state index contributed by atoms with van der Waals surface area (Å²) in [5.41, 5.74) is 0.884. The van der Waals surface area contributed by atoms with Gasteiger partial charge in [0, 0.05) is 5.02 Å². The van der Waals surface area contributed by atoms with Crippen LogP contribution in [0, 0.1) is 0 Å². The molecule has 0 fully saturated rings. The molecule has 24 heavy (non-hydrogen) atoms. The molecule has 0 aliphatic rings. The molecule has 1 unspecified atom stereocenters. The van der Waals surface area contributed by atoms with Crippen LogP contribution < -0.4 is 10.1 Å². The van der Waals surface area contributed by atoms with Crippen LogP contribution in [0.1, 0.15) is 12.5 Å². The highest BCUT2D eigenvalue weighted by atomic mass is 35.5. The second kappa shape index (κ2) is 8.93. The Morgan fingerprint density at radius 3 is 2.58 bits per heavy atom. The van der Waals surface area contributed by atoms with E-state index in [1.807, 2.05) is 30.3 Å². The third-order valence-electron chi connectivity index (χ3n) is 3.13. The maximum Gasteiger partial charge on any atom is 0.325 e. The minimum absolute atomic E-state index is 0.171. The first kappa shape index (κ1) is 17.8. The highest BCUT2D eigenvalue weighted by Gasteiger charge is 2.16. The van der Waals surface area contributed by atoms with E-state index in [0.717, 1.165) is 5.56 Å². The van der Waals surface area contributed by atoms with Gasteiger partial charge in [-0.1, -0.05) is 48.0 Å². The number of hydrogen-bond donors (Lipinski definition) is 1. The summed E-state index contributed by atoms with van der Waals surface area (Å²) in [7, 11) is 0. The van der Waals surface area contributed by atoms with Crippen molar-refractivity contribution in [1.82, 2.24) is 5.32 Å². The largest absolute Gasteiger partial charge is 0.481 e. The number of nitrogens with one attached hydrogen (secondary N) is 1. The van der Waals surface area contributed by atoms with Crippen molar-refractivity contribution in [2.24, 2.45) is 0 Å². The second-order valence-electron chi connectivity index (χ2n) is 5.08. The van der Waals surface area contributed by atoms with Gasteiger partial charge in [-0.15, -0.1) is 0 Å². The van der Waals surface area contributed by atoms with Gasteiger partial charge in [0.2, 0.25) is 0 Å². The van der Waals surface area contributed by atoms with E-state index in [1.54, 1.807) is 31.2 Å². The van der Waals surface area contributed by atoms with Gasteiger partial charge in [0.15, 0.2) is 6.10 Å². The van der Waals surface area contributed by atoms with Crippen LogP contribution in [0.3, 0.4) is 0 Å². The molecule has 0 aliphatic carbocycles. The Labute approximate surface area is 145 Å². The van der Waals surface area contributed by atoms with Gasteiger partial charge in [0.25, 0.3) is 5.91 Å². The molecule has 126 valence electrons. The van der Waals surface area contributed by atoms with E-state index in [9.17, 15) is 9.59 Å². The van der Waals surface area contributed by atoms with Gasteiger partial charge in [0.1, 0.15) is 18.9 Å². The number of carbonyl (C=O) groups excluding carboxylic acids is 2. The minimum Gasteiger partial charge on any atom is -0.481 e. The van der Waals surface area contributed by atoms with Crippen LogP contribution in [0.5, 0.6) is 5.75 Å². The quantitative estimate of drug-likeness (QED) is 0.782. The summed E-state index contributed by atoms with van der Waals surface area (Å²) in [6, 6.07) is 16.1. The summed E-state index contributed by atoms with van der Waals surface area (Å²) in [6.07, 6.45) is -0.759. The molecule has 2 aromatic rings. The number of benzene rings is 2. The van der Waals surface area contributed by atoms with Gasteiger partial charge in [-0.2, -0.15) is 0 Å². The molecule has 2 rings (SSSR count). The van der Waals surface area contributed by atoms with Crippen molar-refractivity contribution in [2.45, 2.75) is 19.6 Å². The monoisotopic (exact) mass is 347 g/mol. The average molecular weight is 348 g/mol. The van der Waals surface area contributed by atoms with E-state index >= 15 is 0 Å². The van der Waals surface area contributed by atoms with Gasteiger partial charge in [-0.3, -0.25) is 9.59 Å². The predicted octanol–water partition coefficient (Wildman–Crippen LogP) is 2.97. The van der Waals surface area contributed by atoms with E-state index in [2.05, 4.69) is 5.32 Å². The van der Waals surface area contributed by atoms with E-state index in [4.69, 9.17) is 21.1 Å². The van der Waals surface area contributed by atoms with Crippen LogP contribution >= 0.6 is 11.6 Å². The first-order valence-electron chi connectivity index (χ1n) is 7.44. The Morgan fingerprint density at radius 1 is 1.12 bits per heavy atom. The average Bonchev–Trinajstić information content (AvgIpc) is 2.58. The fraction of sp³-hybridized carbons (Fsp3) is 0.222. The molecule has 0 saturated heterocycles.